The van der Waals surface area contributed by atoms with Gasteiger partial charge in [-0.2, -0.15) is 0 Å². The van der Waals surface area contributed by atoms with Gasteiger partial charge in [-0.15, -0.1) is 11.3 Å². The minimum atomic E-state index is -0.0647. The Kier molecular flexibility index (Phi) is 6.98. The highest BCUT2D eigenvalue weighted by molar-refractivity contribution is 7.20. The van der Waals surface area contributed by atoms with Gasteiger partial charge in [0, 0.05) is 26.3 Å². The van der Waals surface area contributed by atoms with Crippen molar-refractivity contribution in [1.29, 1.82) is 0 Å². The lowest BCUT2D eigenvalue weighted by Crippen LogP contribution is -2.25. The quantitative estimate of drug-likeness (QED) is 0.638. The Morgan fingerprint density at radius 1 is 1.44 bits per heavy atom. The Hall–Kier alpha value is -1.77. The first kappa shape index (κ1) is 20.0. The number of rotatable bonds is 9. The smallest absolute Gasteiger partial charge is 0.261 e. The molecular formula is C19H28N4O3S. The van der Waals surface area contributed by atoms with E-state index in [1.54, 1.807) is 6.33 Å². The summed E-state index contributed by atoms with van der Waals surface area (Å²) in [4.78, 5) is 22.8. The van der Waals surface area contributed by atoms with E-state index >= 15 is 0 Å². The predicted molar refractivity (Wildman–Crippen MR) is 108 cm³/mol. The summed E-state index contributed by atoms with van der Waals surface area (Å²) >= 11 is 1.41. The number of thiophene rings is 1. The molecule has 1 aliphatic rings. The number of carbonyl (C=O) groups is 1. The molecule has 8 heteroatoms. The van der Waals surface area contributed by atoms with Gasteiger partial charge < -0.3 is 20.1 Å². The van der Waals surface area contributed by atoms with E-state index in [4.69, 9.17) is 9.47 Å². The molecule has 27 heavy (non-hydrogen) atoms. The number of hydrogen-bond acceptors (Lipinski definition) is 7. The largest absolute Gasteiger partial charge is 0.379 e. The zero-order valence-electron chi connectivity index (χ0n) is 16.2. The van der Waals surface area contributed by atoms with Crippen LogP contribution in [0.1, 0.15) is 48.3 Å². The van der Waals surface area contributed by atoms with E-state index in [0.29, 0.717) is 18.0 Å². The molecule has 0 aromatic carbocycles. The first-order chi connectivity index (χ1) is 13.1. The van der Waals surface area contributed by atoms with Crippen molar-refractivity contribution in [2.24, 2.45) is 0 Å². The molecule has 1 atom stereocenters. The molecule has 1 saturated heterocycles. The molecule has 1 aliphatic heterocycles. The molecule has 2 aromatic rings. The summed E-state index contributed by atoms with van der Waals surface area (Å²) in [7, 11) is 0. The number of nitrogens with zero attached hydrogens (tertiary/aromatic N) is 2. The Bertz CT molecular complexity index is 772. The molecule has 3 heterocycles. The number of ether oxygens (including phenoxy) is 2. The minimum Gasteiger partial charge on any atom is -0.379 e. The predicted octanol–water partition coefficient (Wildman–Crippen LogP) is 3.14. The molecule has 0 unspecified atom stereocenters. The number of anilines is 1. The SMILES string of the molecule is Cc1c(C(=O)NCCCOC(C)C)sc2ncnc(NC[C@H]3CCCO3)c12. The van der Waals surface area contributed by atoms with E-state index in [1.807, 2.05) is 20.8 Å². The number of fused-ring (bicyclic) bond motifs is 1. The highest BCUT2D eigenvalue weighted by Crippen LogP contribution is 2.33. The number of nitrogens with one attached hydrogen (secondary N) is 2. The summed E-state index contributed by atoms with van der Waals surface area (Å²) in [5.41, 5.74) is 0.918. The Balaban J connectivity index is 1.65. The highest BCUT2D eigenvalue weighted by Gasteiger charge is 2.20. The molecule has 0 spiro atoms. The standard InChI is InChI=1S/C19H28N4O3S/c1-12(2)25-9-5-7-20-18(24)16-13(3)15-17(22-11-23-19(15)27-16)21-10-14-6-4-8-26-14/h11-12,14H,4-10H2,1-3H3,(H,20,24)(H,21,22,23)/t14-/m1/s1. The Morgan fingerprint density at radius 2 is 2.30 bits per heavy atom. The summed E-state index contributed by atoms with van der Waals surface area (Å²) in [6, 6.07) is 0. The van der Waals surface area contributed by atoms with Crippen molar-refractivity contribution < 1.29 is 14.3 Å². The van der Waals surface area contributed by atoms with Crippen LogP contribution in [0.5, 0.6) is 0 Å². The molecule has 0 radical (unpaired) electrons. The topological polar surface area (TPSA) is 85.4 Å². The van der Waals surface area contributed by atoms with Crippen LogP contribution in [-0.4, -0.2) is 54.4 Å². The van der Waals surface area contributed by atoms with E-state index in [0.717, 1.165) is 54.0 Å². The third-order valence-electron chi connectivity index (χ3n) is 4.51. The normalized spacial score (nSPS) is 17.0. The van der Waals surface area contributed by atoms with E-state index in [1.165, 1.54) is 11.3 Å². The average molecular weight is 393 g/mol. The fourth-order valence-corrected chi connectivity index (χ4v) is 4.18. The highest BCUT2D eigenvalue weighted by atomic mass is 32.1. The maximum atomic E-state index is 12.6. The van der Waals surface area contributed by atoms with Crippen molar-refractivity contribution in [3.05, 3.63) is 16.8 Å². The third kappa shape index (κ3) is 5.15. The molecular weight excluding hydrogens is 364 g/mol. The molecule has 1 fully saturated rings. The number of aromatic nitrogens is 2. The maximum absolute atomic E-state index is 12.6. The van der Waals surface area contributed by atoms with Gasteiger partial charge in [-0.25, -0.2) is 9.97 Å². The van der Waals surface area contributed by atoms with Crippen molar-refractivity contribution in [3.63, 3.8) is 0 Å². The van der Waals surface area contributed by atoms with Gasteiger partial charge in [0.05, 0.1) is 22.5 Å². The van der Waals surface area contributed by atoms with Crippen molar-refractivity contribution >= 4 is 33.3 Å². The van der Waals surface area contributed by atoms with Crippen LogP contribution in [0.25, 0.3) is 10.2 Å². The molecule has 0 aliphatic carbocycles. The Morgan fingerprint density at radius 3 is 3.04 bits per heavy atom. The van der Waals surface area contributed by atoms with E-state index in [2.05, 4.69) is 20.6 Å². The van der Waals surface area contributed by atoms with Crippen LogP contribution in [0.4, 0.5) is 5.82 Å². The van der Waals surface area contributed by atoms with Crippen LogP contribution in [0.15, 0.2) is 6.33 Å². The summed E-state index contributed by atoms with van der Waals surface area (Å²) < 4.78 is 11.2. The zero-order chi connectivity index (χ0) is 19.2. The lowest BCUT2D eigenvalue weighted by Gasteiger charge is -2.12. The van der Waals surface area contributed by atoms with Gasteiger partial charge in [-0.05, 0) is 45.6 Å². The number of hydrogen-bond donors (Lipinski definition) is 2. The van der Waals surface area contributed by atoms with Gasteiger partial charge in [0.2, 0.25) is 0 Å². The summed E-state index contributed by atoms with van der Waals surface area (Å²) in [5, 5.41) is 7.27. The first-order valence-electron chi connectivity index (χ1n) is 9.55. The van der Waals surface area contributed by atoms with E-state index in [-0.39, 0.29) is 18.1 Å². The molecule has 1 amide bonds. The Labute approximate surface area is 163 Å². The summed E-state index contributed by atoms with van der Waals surface area (Å²) in [6.45, 7) is 8.75. The second kappa shape index (κ2) is 9.43. The second-order valence-electron chi connectivity index (χ2n) is 7.00. The molecule has 0 saturated carbocycles. The van der Waals surface area contributed by atoms with Crippen molar-refractivity contribution in [3.8, 4) is 0 Å². The number of amides is 1. The monoisotopic (exact) mass is 392 g/mol. The third-order valence-corrected chi connectivity index (χ3v) is 5.71. The van der Waals surface area contributed by atoms with E-state index < -0.39 is 0 Å². The van der Waals surface area contributed by atoms with Crippen LogP contribution < -0.4 is 10.6 Å². The molecule has 3 rings (SSSR count). The lowest BCUT2D eigenvalue weighted by molar-refractivity contribution is 0.0757. The molecule has 7 nitrogen and oxygen atoms in total. The van der Waals surface area contributed by atoms with Gasteiger partial charge >= 0.3 is 0 Å². The van der Waals surface area contributed by atoms with Gasteiger partial charge in [0.15, 0.2) is 0 Å². The van der Waals surface area contributed by atoms with Gasteiger partial charge in [-0.1, -0.05) is 0 Å². The van der Waals surface area contributed by atoms with Crippen LogP contribution in [0.3, 0.4) is 0 Å². The van der Waals surface area contributed by atoms with Gasteiger partial charge in [0.25, 0.3) is 5.91 Å². The van der Waals surface area contributed by atoms with Crippen LogP contribution >= 0.6 is 11.3 Å². The van der Waals surface area contributed by atoms with Crippen LogP contribution in [0, 0.1) is 6.92 Å². The van der Waals surface area contributed by atoms with E-state index in [9.17, 15) is 4.79 Å². The second-order valence-corrected chi connectivity index (χ2v) is 8.00. The van der Waals surface area contributed by atoms with Gasteiger partial charge in [0.1, 0.15) is 17.0 Å². The molecule has 2 aromatic heterocycles. The van der Waals surface area contributed by atoms with Gasteiger partial charge in [-0.3, -0.25) is 4.79 Å². The van der Waals surface area contributed by atoms with Crippen LogP contribution in [0.2, 0.25) is 0 Å². The van der Waals surface area contributed by atoms with Crippen molar-refractivity contribution in [2.45, 2.75) is 52.2 Å². The first-order valence-corrected chi connectivity index (χ1v) is 10.4. The summed E-state index contributed by atoms with van der Waals surface area (Å²) in [5.74, 6) is 0.707. The fourth-order valence-electron chi connectivity index (χ4n) is 3.11. The average Bonchev–Trinajstić information content (AvgIpc) is 3.27. The van der Waals surface area contributed by atoms with Crippen LogP contribution in [-0.2, 0) is 9.47 Å². The lowest BCUT2D eigenvalue weighted by atomic mass is 10.2. The number of carbonyl (C=O) groups excluding carboxylic acids is 1. The number of aryl methyl sites for hydroxylation is 1. The molecule has 0 bridgehead atoms. The van der Waals surface area contributed by atoms with Crippen molar-refractivity contribution in [2.75, 3.05) is 31.6 Å². The van der Waals surface area contributed by atoms with Crippen molar-refractivity contribution in [1.82, 2.24) is 15.3 Å². The fraction of sp³-hybridized carbons (Fsp3) is 0.632. The zero-order valence-corrected chi connectivity index (χ0v) is 17.0. The maximum Gasteiger partial charge on any atom is 0.261 e. The molecule has 2 N–H and O–H groups in total. The minimum absolute atomic E-state index is 0.0647. The molecule has 148 valence electrons. The summed E-state index contributed by atoms with van der Waals surface area (Å²) in [6.07, 6.45) is 4.95.